The Balaban J connectivity index is 1.60. The maximum Gasteiger partial charge on any atom is 0.269 e. The summed E-state index contributed by atoms with van der Waals surface area (Å²) < 4.78 is 7.27. The topological polar surface area (TPSA) is 174 Å². The predicted molar refractivity (Wildman–Crippen MR) is 105 cm³/mol. The average Bonchev–Trinajstić information content (AvgIpc) is 3.30. The summed E-state index contributed by atoms with van der Waals surface area (Å²) in [4.78, 5) is 23.3. The molecule has 5 atom stereocenters. The molecule has 12 nitrogen and oxygen atoms in total. The van der Waals surface area contributed by atoms with Crippen LogP contribution in [-0.4, -0.2) is 59.5 Å². The molecule has 3 aromatic rings. The number of ether oxygens (including phenoxy) is 1. The van der Waals surface area contributed by atoms with Crippen molar-refractivity contribution in [1.82, 2.24) is 19.5 Å². The van der Waals surface area contributed by atoms with Crippen LogP contribution in [0.5, 0.6) is 0 Å². The standard InChI is InChI=1S/C18H21N7O5/c1-9(10-2-4-11(5-3-10)25(28)29)23-16-14-17(21-7-20-16)24(8-22-14)18-13(19)15(27)12(6-26)30-18/h2-5,7-9,12-13,15,18,26-27H,6,19H2,1H3,(H,20,21,23)/t9-,12-,13-,15-,18-/m1/s1. The quantitative estimate of drug-likeness (QED) is 0.327. The van der Waals surface area contributed by atoms with Gasteiger partial charge in [0.1, 0.15) is 18.5 Å². The van der Waals surface area contributed by atoms with E-state index in [1.165, 1.54) is 24.8 Å². The number of nitrogens with two attached hydrogens (primary N) is 1. The van der Waals surface area contributed by atoms with Crippen LogP contribution >= 0.6 is 0 Å². The molecule has 0 spiro atoms. The Labute approximate surface area is 170 Å². The van der Waals surface area contributed by atoms with E-state index in [-0.39, 0.29) is 18.3 Å². The number of nitro benzene ring substituents is 1. The van der Waals surface area contributed by atoms with Gasteiger partial charge in [0.25, 0.3) is 5.69 Å². The Bertz CT molecular complexity index is 1060. The first kappa shape index (κ1) is 20.1. The van der Waals surface area contributed by atoms with Crippen molar-refractivity contribution in [2.45, 2.75) is 37.4 Å². The molecule has 0 saturated carbocycles. The lowest BCUT2D eigenvalue weighted by molar-refractivity contribution is -0.384. The number of nitrogens with zero attached hydrogens (tertiary/aromatic N) is 5. The maximum absolute atomic E-state index is 10.8. The second kappa shape index (κ2) is 7.91. The van der Waals surface area contributed by atoms with Crippen LogP contribution in [0.3, 0.4) is 0 Å². The molecule has 3 heterocycles. The van der Waals surface area contributed by atoms with Crippen LogP contribution in [0.15, 0.2) is 36.9 Å². The third kappa shape index (κ3) is 3.45. The smallest absolute Gasteiger partial charge is 0.269 e. The molecule has 12 heteroatoms. The number of non-ortho nitro benzene ring substituents is 1. The fraction of sp³-hybridized carbons (Fsp3) is 0.389. The van der Waals surface area contributed by atoms with Crippen molar-refractivity contribution < 1.29 is 19.9 Å². The number of aromatic nitrogens is 4. The Morgan fingerprint density at radius 2 is 2.07 bits per heavy atom. The normalized spacial score (nSPS) is 24.8. The number of hydrogen-bond donors (Lipinski definition) is 4. The highest BCUT2D eigenvalue weighted by Gasteiger charge is 2.42. The number of nitrogens with one attached hydrogen (secondary N) is 1. The van der Waals surface area contributed by atoms with Crippen molar-refractivity contribution in [3.05, 3.63) is 52.6 Å². The zero-order valence-corrected chi connectivity index (χ0v) is 16.0. The monoisotopic (exact) mass is 415 g/mol. The summed E-state index contributed by atoms with van der Waals surface area (Å²) >= 11 is 0. The number of benzene rings is 1. The molecular weight excluding hydrogens is 394 g/mol. The maximum atomic E-state index is 10.8. The fourth-order valence-electron chi connectivity index (χ4n) is 3.49. The summed E-state index contributed by atoms with van der Waals surface area (Å²) in [6.07, 6.45) is 0.323. The SMILES string of the molecule is C[C@@H](Nc1ncnc2c1ncn2[C@@H]1O[C@H](CO)[C@@H](O)[C@H]1N)c1ccc([N+](=O)[O-])cc1. The van der Waals surface area contributed by atoms with Gasteiger partial charge in [-0.3, -0.25) is 14.7 Å². The number of aliphatic hydroxyl groups excluding tert-OH is 2. The van der Waals surface area contributed by atoms with E-state index in [9.17, 15) is 20.3 Å². The van der Waals surface area contributed by atoms with Crippen LogP contribution < -0.4 is 11.1 Å². The van der Waals surface area contributed by atoms with Gasteiger partial charge in [-0.1, -0.05) is 12.1 Å². The van der Waals surface area contributed by atoms with Crippen molar-refractivity contribution in [2.75, 3.05) is 11.9 Å². The molecule has 30 heavy (non-hydrogen) atoms. The van der Waals surface area contributed by atoms with Gasteiger partial charge < -0.3 is 26.0 Å². The molecule has 0 amide bonds. The first-order valence-electron chi connectivity index (χ1n) is 9.29. The van der Waals surface area contributed by atoms with Crippen LogP contribution in [0.25, 0.3) is 11.2 Å². The Hall–Kier alpha value is -3.19. The molecule has 4 rings (SSSR count). The van der Waals surface area contributed by atoms with E-state index in [1.54, 1.807) is 16.7 Å². The second-order valence-corrected chi connectivity index (χ2v) is 7.08. The summed E-state index contributed by atoms with van der Waals surface area (Å²) in [5, 5.41) is 33.5. The molecule has 0 aliphatic carbocycles. The lowest BCUT2D eigenvalue weighted by atomic mass is 10.1. The third-order valence-corrected chi connectivity index (χ3v) is 5.19. The zero-order valence-electron chi connectivity index (χ0n) is 16.0. The molecular formula is C18H21N7O5. The summed E-state index contributed by atoms with van der Waals surface area (Å²) in [6, 6.07) is 5.27. The van der Waals surface area contributed by atoms with Crippen molar-refractivity contribution in [1.29, 1.82) is 0 Å². The lowest BCUT2D eigenvalue weighted by Gasteiger charge is -2.18. The first-order valence-corrected chi connectivity index (χ1v) is 9.29. The van der Waals surface area contributed by atoms with Gasteiger partial charge in [-0.05, 0) is 12.5 Å². The van der Waals surface area contributed by atoms with Gasteiger partial charge in [0, 0.05) is 12.1 Å². The summed E-state index contributed by atoms with van der Waals surface area (Å²) in [5.41, 5.74) is 7.84. The van der Waals surface area contributed by atoms with E-state index in [1.807, 2.05) is 6.92 Å². The van der Waals surface area contributed by atoms with Crippen LogP contribution in [0, 0.1) is 10.1 Å². The highest BCUT2D eigenvalue weighted by atomic mass is 16.6. The van der Waals surface area contributed by atoms with Crippen LogP contribution in [-0.2, 0) is 4.74 Å². The second-order valence-electron chi connectivity index (χ2n) is 7.08. The minimum Gasteiger partial charge on any atom is -0.394 e. The summed E-state index contributed by atoms with van der Waals surface area (Å²) in [7, 11) is 0. The fourth-order valence-corrected chi connectivity index (χ4v) is 3.49. The lowest BCUT2D eigenvalue weighted by Crippen LogP contribution is -2.39. The number of aliphatic hydroxyl groups is 2. The minimum atomic E-state index is -1.01. The molecule has 1 aliphatic heterocycles. The van der Waals surface area contributed by atoms with Gasteiger partial charge in [-0.15, -0.1) is 0 Å². The third-order valence-electron chi connectivity index (χ3n) is 5.19. The molecule has 1 aliphatic rings. The van der Waals surface area contributed by atoms with E-state index in [0.717, 1.165) is 5.56 Å². The van der Waals surface area contributed by atoms with Gasteiger partial charge >= 0.3 is 0 Å². The van der Waals surface area contributed by atoms with Gasteiger partial charge in [-0.25, -0.2) is 15.0 Å². The Morgan fingerprint density at radius 1 is 1.33 bits per heavy atom. The number of anilines is 1. The van der Waals surface area contributed by atoms with E-state index in [2.05, 4.69) is 20.3 Å². The molecule has 1 saturated heterocycles. The van der Waals surface area contributed by atoms with E-state index >= 15 is 0 Å². The number of imidazole rings is 1. The van der Waals surface area contributed by atoms with Crippen molar-refractivity contribution >= 4 is 22.7 Å². The zero-order chi connectivity index (χ0) is 21.4. The highest BCUT2D eigenvalue weighted by Crippen LogP contribution is 2.31. The van der Waals surface area contributed by atoms with Crippen LogP contribution in [0.1, 0.15) is 24.8 Å². The number of hydrogen-bond acceptors (Lipinski definition) is 10. The van der Waals surface area contributed by atoms with Gasteiger partial charge in [0.2, 0.25) is 0 Å². The molecule has 0 radical (unpaired) electrons. The predicted octanol–water partition coefficient (Wildman–Crippen LogP) is 0.486. The molecule has 0 bridgehead atoms. The number of rotatable bonds is 6. The van der Waals surface area contributed by atoms with E-state index in [0.29, 0.717) is 17.0 Å². The van der Waals surface area contributed by atoms with Crippen molar-refractivity contribution in [3.63, 3.8) is 0 Å². The number of fused-ring (bicyclic) bond motifs is 1. The Kier molecular flexibility index (Phi) is 5.30. The molecule has 1 aromatic carbocycles. The highest BCUT2D eigenvalue weighted by molar-refractivity contribution is 5.83. The van der Waals surface area contributed by atoms with Crippen molar-refractivity contribution in [3.8, 4) is 0 Å². The minimum absolute atomic E-state index is 0.0189. The van der Waals surface area contributed by atoms with Gasteiger partial charge in [-0.2, -0.15) is 0 Å². The molecule has 158 valence electrons. The van der Waals surface area contributed by atoms with Crippen LogP contribution in [0.2, 0.25) is 0 Å². The van der Waals surface area contributed by atoms with E-state index in [4.69, 9.17) is 10.5 Å². The number of nitro groups is 1. The van der Waals surface area contributed by atoms with Gasteiger partial charge in [0.15, 0.2) is 23.2 Å². The summed E-state index contributed by atoms with van der Waals surface area (Å²) in [6.45, 7) is 1.54. The Morgan fingerprint density at radius 3 is 2.70 bits per heavy atom. The molecule has 1 fully saturated rings. The summed E-state index contributed by atoms with van der Waals surface area (Å²) in [5.74, 6) is 0.468. The van der Waals surface area contributed by atoms with E-state index < -0.39 is 29.4 Å². The average molecular weight is 415 g/mol. The molecule has 5 N–H and O–H groups in total. The van der Waals surface area contributed by atoms with Crippen molar-refractivity contribution in [2.24, 2.45) is 5.73 Å². The molecule has 2 aromatic heterocycles. The molecule has 0 unspecified atom stereocenters. The van der Waals surface area contributed by atoms with Gasteiger partial charge in [0.05, 0.1) is 29.9 Å². The first-order chi connectivity index (χ1) is 14.4. The largest absolute Gasteiger partial charge is 0.394 e. The van der Waals surface area contributed by atoms with Crippen LogP contribution in [0.4, 0.5) is 11.5 Å².